The first kappa shape index (κ1) is 14.0. The zero-order valence-corrected chi connectivity index (χ0v) is 11.9. The van der Waals surface area contributed by atoms with Crippen molar-refractivity contribution in [3.8, 4) is 5.75 Å². The predicted molar refractivity (Wildman–Crippen MR) is 75.1 cm³/mol. The predicted octanol–water partition coefficient (Wildman–Crippen LogP) is 1.92. The summed E-state index contributed by atoms with van der Waals surface area (Å²) in [5.74, 6) is -0.0250. The minimum atomic E-state index is -0.572. The van der Waals surface area contributed by atoms with E-state index in [4.69, 9.17) is 4.74 Å². The van der Waals surface area contributed by atoms with Gasteiger partial charge in [-0.05, 0) is 43.5 Å². The fourth-order valence-electron chi connectivity index (χ4n) is 1.84. The van der Waals surface area contributed by atoms with E-state index < -0.39 is 5.97 Å². The molecule has 2 rings (SSSR count). The number of hydrogen-bond acceptors (Lipinski definition) is 4. The molecule has 0 fully saturated rings. The molecule has 0 aliphatic heterocycles. The molecule has 0 radical (unpaired) electrons. The van der Waals surface area contributed by atoms with Gasteiger partial charge in [0.2, 0.25) is 0 Å². The Hall–Kier alpha value is -2.43. The van der Waals surface area contributed by atoms with Crippen LogP contribution in [-0.2, 0) is 7.05 Å². The number of carbonyl (C=O) groups is 1. The maximum atomic E-state index is 12.1. The molecule has 1 aromatic carbocycles. The van der Waals surface area contributed by atoms with Gasteiger partial charge in [0.15, 0.2) is 5.69 Å². The van der Waals surface area contributed by atoms with Crippen LogP contribution in [0.4, 0.5) is 0 Å². The summed E-state index contributed by atoms with van der Waals surface area (Å²) in [6, 6.07) is 6.54. The summed E-state index contributed by atoms with van der Waals surface area (Å²) in [4.78, 5) is 23.3. The Balaban J connectivity index is 2.35. The van der Waals surface area contributed by atoms with E-state index in [1.54, 1.807) is 0 Å². The number of hydrogen-bond donors (Lipinski definition) is 0. The van der Waals surface area contributed by atoms with Crippen molar-refractivity contribution in [2.45, 2.75) is 20.8 Å². The summed E-state index contributed by atoms with van der Waals surface area (Å²) in [5, 5.41) is 3.88. The Morgan fingerprint density at radius 3 is 2.40 bits per heavy atom. The molecule has 0 atom stereocenters. The van der Waals surface area contributed by atoms with Gasteiger partial charge in [0.1, 0.15) is 5.75 Å². The molecule has 0 saturated heterocycles. The second-order valence-corrected chi connectivity index (χ2v) is 4.72. The van der Waals surface area contributed by atoms with E-state index in [1.165, 1.54) is 19.2 Å². The van der Waals surface area contributed by atoms with Gasteiger partial charge >= 0.3 is 5.97 Å². The summed E-state index contributed by atoms with van der Waals surface area (Å²) in [6.45, 7) is 5.74. The van der Waals surface area contributed by atoms with E-state index in [1.807, 2.05) is 32.9 Å². The largest absolute Gasteiger partial charge is 0.421 e. The monoisotopic (exact) mass is 272 g/mol. The molecule has 1 aromatic heterocycles. The molecular weight excluding hydrogens is 256 g/mol. The molecule has 0 amide bonds. The molecule has 5 heteroatoms. The van der Waals surface area contributed by atoms with Crippen LogP contribution < -0.4 is 10.3 Å². The van der Waals surface area contributed by atoms with Crippen LogP contribution in [-0.4, -0.2) is 15.7 Å². The minimum Gasteiger partial charge on any atom is -0.421 e. The second kappa shape index (κ2) is 5.28. The van der Waals surface area contributed by atoms with Crippen LogP contribution in [0.1, 0.15) is 27.2 Å². The van der Waals surface area contributed by atoms with Crippen LogP contribution in [0.5, 0.6) is 5.75 Å². The van der Waals surface area contributed by atoms with Crippen LogP contribution >= 0.6 is 0 Å². The molecule has 5 nitrogen and oxygen atoms in total. The average Bonchev–Trinajstić information content (AvgIpc) is 2.42. The SMILES string of the molecule is Cc1ccc(C)c(OC(=O)c2ccc(=O)n(C)n2)c1C. The first-order chi connectivity index (χ1) is 9.40. The van der Waals surface area contributed by atoms with Gasteiger partial charge in [0, 0.05) is 13.1 Å². The van der Waals surface area contributed by atoms with Crippen LogP contribution in [0.2, 0.25) is 0 Å². The third-order valence-electron chi connectivity index (χ3n) is 3.24. The van der Waals surface area contributed by atoms with E-state index in [0.717, 1.165) is 21.4 Å². The van der Waals surface area contributed by atoms with E-state index in [9.17, 15) is 9.59 Å². The molecule has 0 aliphatic carbocycles. The lowest BCUT2D eigenvalue weighted by Gasteiger charge is -2.12. The quantitative estimate of drug-likeness (QED) is 0.619. The molecule has 0 spiro atoms. The lowest BCUT2D eigenvalue weighted by Crippen LogP contribution is -2.23. The van der Waals surface area contributed by atoms with E-state index >= 15 is 0 Å². The van der Waals surface area contributed by atoms with Gasteiger partial charge < -0.3 is 4.74 Å². The fraction of sp³-hybridized carbons (Fsp3) is 0.267. The normalized spacial score (nSPS) is 10.4. The third-order valence-corrected chi connectivity index (χ3v) is 3.24. The lowest BCUT2D eigenvalue weighted by atomic mass is 10.1. The molecule has 2 aromatic rings. The molecule has 0 bridgehead atoms. The van der Waals surface area contributed by atoms with Crippen molar-refractivity contribution >= 4 is 5.97 Å². The average molecular weight is 272 g/mol. The van der Waals surface area contributed by atoms with Crippen molar-refractivity contribution < 1.29 is 9.53 Å². The highest BCUT2D eigenvalue weighted by molar-refractivity contribution is 5.89. The zero-order valence-electron chi connectivity index (χ0n) is 11.9. The van der Waals surface area contributed by atoms with Crippen molar-refractivity contribution in [1.82, 2.24) is 9.78 Å². The third kappa shape index (κ3) is 2.61. The molecule has 20 heavy (non-hydrogen) atoms. The van der Waals surface area contributed by atoms with Crippen LogP contribution in [0.25, 0.3) is 0 Å². The number of ether oxygens (including phenoxy) is 1. The summed E-state index contributed by atoms with van der Waals surface area (Å²) >= 11 is 0. The zero-order chi connectivity index (χ0) is 14.9. The van der Waals surface area contributed by atoms with Crippen molar-refractivity contribution in [2.75, 3.05) is 0 Å². The Morgan fingerprint density at radius 2 is 1.75 bits per heavy atom. The number of aromatic nitrogens is 2. The van der Waals surface area contributed by atoms with Crippen LogP contribution in [0.15, 0.2) is 29.1 Å². The smallest absolute Gasteiger partial charge is 0.364 e. The van der Waals surface area contributed by atoms with Crippen molar-refractivity contribution in [3.63, 3.8) is 0 Å². The lowest BCUT2D eigenvalue weighted by molar-refractivity contribution is 0.0723. The van der Waals surface area contributed by atoms with Gasteiger partial charge in [-0.3, -0.25) is 4.79 Å². The molecule has 0 N–H and O–H groups in total. The van der Waals surface area contributed by atoms with Crippen molar-refractivity contribution in [2.24, 2.45) is 7.05 Å². The Kier molecular flexibility index (Phi) is 3.70. The molecule has 0 aliphatic rings. The number of rotatable bonds is 2. The van der Waals surface area contributed by atoms with Crippen molar-refractivity contribution in [3.05, 3.63) is 57.0 Å². The summed E-state index contributed by atoms with van der Waals surface area (Å²) in [5.41, 5.74) is 2.68. The van der Waals surface area contributed by atoms with Crippen molar-refractivity contribution in [1.29, 1.82) is 0 Å². The van der Waals surface area contributed by atoms with Gasteiger partial charge in [-0.15, -0.1) is 0 Å². The van der Waals surface area contributed by atoms with E-state index in [2.05, 4.69) is 5.10 Å². The summed E-state index contributed by atoms with van der Waals surface area (Å²) < 4.78 is 6.52. The molecular formula is C15H16N2O3. The highest BCUT2D eigenvalue weighted by Crippen LogP contribution is 2.26. The Morgan fingerprint density at radius 1 is 1.10 bits per heavy atom. The maximum absolute atomic E-state index is 12.1. The fourth-order valence-corrected chi connectivity index (χ4v) is 1.84. The molecule has 104 valence electrons. The Labute approximate surface area is 116 Å². The first-order valence-electron chi connectivity index (χ1n) is 6.23. The minimum absolute atomic E-state index is 0.104. The van der Waals surface area contributed by atoms with Crippen LogP contribution in [0.3, 0.4) is 0 Å². The number of carbonyl (C=O) groups excluding carboxylic acids is 1. The van der Waals surface area contributed by atoms with Crippen LogP contribution in [0, 0.1) is 20.8 Å². The number of aryl methyl sites for hydroxylation is 3. The van der Waals surface area contributed by atoms with Gasteiger partial charge in [0.05, 0.1) is 0 Å². The van der Waals surface area contributed by atoms with Gasteiger partial charge in [0.25, 0.3) is 5.56 Å². The number of nitrogens with zero attached hydrogens (tertiary/aromatic N) is 2. The Bertz CT molecular complexity index is 732. The number of esters is 1. The molecule has 1 heterocycles. The summed E-state index contributed by atoms with van der Waals surface area (Å²) in [7, 11) is 1.49. The first-order valence-corrected chi connectivity index (χ1v) is 6.23. The van der Waals surface area contributed by atoms with Gasteiger partial charge in [-0.25, -0.2) is 9.48 Å². The summed E-state index contributed by atoms with van der Waals surface area (Å²) in [6.07, 6.45) is 0. The molecule has 0 saturated carbocycles. The molecule has 0 unspecified atom stereocenters. The highest BCUT2D eigenvalue weighted by atomic mass is 16.5. The van der Waals surface area contributed by atoms with Gasteiger partial charge in [-0.2, -0.15) is 5.10 Å². The topological polar surface area (TPSA) is 61.2 Å². The van der Waals surface area contributed by atoms with E-state index in [-0.39, 0.29) is 11.3 Å². The highest BCUT2D eigenvalue weighted by Gasteiger charge is 2.15. The second-order valence-electron chi connectivity index (χ2n) is 4.72. The standard InChI is InChI=1S/C15H16N2O3/c1-9-5-6-10(2)14(11(9)3)20-15(19)12-7-8-13(18)17(4)16-12/h5-8H,1-4H3. The van der Waals surface area contributed by atoms with Gasteiger partial charge in [-0.1, -0.05) is 12.1 Å². The number of benzene rings is 1. The maximum Gasteiger partial charge on any atom is 0.364 e. The van der Waals surface area contributed by atoms with E-state index in [0.29, 0.717) is 5.75 Å².